The Balaban J connectivity index is 3.55. The van der Waals surface area contributed by atoms with Crippen molar-refractivity contribution in [1.29, 1.82) is 0 Å². The van der Waals surface area contributed by atoms with E-state index in [0.29, 0.717) is 0 Å². The van der Waals surface area contributed by atoms with E-state index >= 15 is 0 Å². The van der Waals surface area contributed by atoms with Crippen molar-refractivity contribution in [3.8, 4) is 0 Å². The third kappa shape index (κ3) is 2.36. The molecule has 0 aliphatic rings. The largest absolute Gasteiger partial charge is 0.289 e. The van der Waals surface area contributed by atoms with Crippen LogP contribution < -0.4 is 0 Å². The number of hydrogen-bond acceptors (Lipinski definition) is 1. The van der Waals surface area contributed by atoms with Gasteiger partial charge in [0.25, 0.3) is 11.3 Å². The lowest BCUT2D eigenvalue weighted by Gasteiger charge is -2.03. The smallest absolute Gasteiger partial charge is 0.261 e. The van der Waals surface area contributed by atoms with Gasteiger partial charge < -0.3 is 0 Å². The molecule has 0 radical (unpaired) electrons. The van der Waals surface area contributed by atoms with Crippen LogP contribution in [0.15, 0.2) is 12.8 Å². The molecule has 0 bridgehead atoms. The lowest BCUT2D eigenvalue weighted by molar-refractivity contribution is 0.507. The second-order valence-electron chi connectivity index (χ2n) is 0.959. The highest BCUT2D eigenvalue weighted by Crippen LogP contribution is 1.82. The molecule has 0 saturated heterocycles. The Hall–Kier alpha value is -0.350. The van der Waals surface area contributed by atoms with Crippen molar-refractivity contribution in [3.63, 3.8) is 0 Å². The molecule has 42 valence electrons. The Morgan fingerprint density at radius 3 is 2.43 bits per heavy atom. The van der Waals surface area contributed by atoms with Gasteiger partial charge in [-0.2, -0.15) is 0 Å². The van der Waals surface area contributed by atoms with Crippen LogP contribution in [0.25, 0.3) is 0 Å². The van der Waals surface area contributed by atoms with Gasteiger partial charge in [0.2, 0.25) is 0 Å². The summed E-state index contributed by atoms with van der Waals surface area (Å²) in [5, 5.41) is 0. The van der Waals surface area contributed by atoms with E-state index < -0.39 is 11.3 Å². The second-order valence-corrected chi connectivity index (χ2v) is 2.00. The summed E-state index contributed by atoms with van der Waals surface area (Å²) in [4.78, 5) is 0. The van der Waals surface area contributed by atoms with Gasteiger partial charge in [-0.3, -0.25) is 8.86 Å². The first kappa shape index (κ1) is 6.65. The fraction of sp³-hybridized carbons (Fsp3) is 0.333. The Morgan fingerprint density at radius 1 is 2.00 bits per heavy atom. The van der Waals surface area contributed by atoms with Crippen LogP contribution >= 0.6 is 0 Å². The van der Waals surface area contributed by atoms with Gasteiger partial charge in [0.05, 0.1) is 0 Å². The maximum absolute atomic E-state index is 9.90. The molecule has 3 nitrogen and oxygen atoms in total. The van der Waals surface area contributed by atoms with Crippen LogP contribution in [-0.4, -0.2) is 20.1 Å². The van der Waals surface area contributed by atoms with Crippen molar-refractivity contribution in [2.24, 2.45) is 0 Å². The summed E-state index contributed by atoms with van der Waals surface area (Å²) in [6.45, 7) is 3.25. The van der Waals surface area contributed by atoms with Gasteiger partial charge in [-0.15, -0.1) is 0 Å². The van der Waals surface area contributed by atoms with Crippen LogP contribution in [0.3, 0.4) is 0 Å². The zero-order valence-electron chi connectivity index (χ0n) is 4.00. The Bertz CT molecular complexity index is 92.9. The lowest BCUT2D eigenvalue weighted by Crippen LogP contribution is -2.11. The summed E-state index contributed by atoms with van der Waals surface area (Å²) in [6.07, 6.45) is 1.27. The van der Waals surface area contributed by atoms with Crippen LogP contribution in [0.5, 0.6) is 0 Å². The average Bonchev–Trinajstić information content (AvgIpc) is 1.65. The first-order valence-corrected chi connectivity index (χ1v) is 2.71. The summed E-state index contributed by atoms with van der Waals surface area (Å²) in [7, 11) is 1.46. The van der Waals surface area contributed by atoms with Crippen molar-refractivity contribution in [3.05, 3.63) is 12.8 Å². The molecule has 4 heteroatoms. The van der Waals surface area contributed by atoms with Crippen molar-refractivity contribution >= 4 is 11.3 Å². The minimum atomic E-state index is -1.90. The van der Waals surface area contributed by atoms with E-state index in [1.54, 1.807) is 0 Å². The predicted octanol–water partition coefficient (Wildman–Crippen LogP) is 0.198. The summed E-state index contributed by atoms with van der Waals surface area (Å²) < 4.78 is 19.1. The zero-order chi connectivity index (χ0) is 5.86. The fourth-order valence-electron chi connectivity index (χ4n) is 0.0638. The molecule has 0 amide bonds. The monoisotopic (exact) mass is 121 g/mol. The van der Waals surface area contributed by atoms with Crippen LogP contribution in [0.2, 0.25) is 0 Å². The summed E-state index contributed by atoms with van der Waals surface area (Å²) in [6, 6.07) is 0. The van der Waals surface area contributed by atoms with E-state index in [-0.39, 0.29) is 0 Å². The SMILES string of the molecule is C=CN(C)S(=O)O. The fourth-order valence-corrected chi connectivity index (χ4v) is 0.191. The third-order valence-electron chi connectivity index (χ3n) is 0.503. The van der Waals surface area contributed by atoms with Gasteiger partial charge in [0.15, 0.2) is 0 Å². The molecule has 0 heterocycles. The normalized spacial score (nSPS) is 12.9. The molecule has 0 aliphatic heterocycles. The van der Waals surface area contributed by atoms with Crippen LogP contribution in [0.4, 0.5) is 0 Å². The quantitative estimate of drug-likeness (QED) is 0.530. The molecular weight excluding hydrogens is 114 g/mol. The maximum Gasteiger partial charge on any atom is 0.261 e. The molecule has 0 aromatic rings. The summed E-state index contributed by atoms with van der Waals surface area (Å²) >= 11 is -1.90. The molecule has 7 heavy (non-hydrogen) atoms. The van der Waals surface area contributed by atoms with Gasteiger partial charge in [-0.25, -0.2) is 4.21 Å². The van der Waals surface area contributed by atoms with Crippen molar-refractivity contribution < 1.29 is 8.76 Å². The van der Waals surface area contributed by atoms with Gasteiger partial charge in [0, 0.05) is 13.2 Å². The van der Waals surface area contributed by atoms with Crippen LogP contribution in [0, 0.1) is 0 Å². The molecule has 0 saturated carbocycles. The zero-order valence-corrected chi connectivity index (χ0v) is 4.81. The molecule has 0 aromatic heterocycles. The van der Waals surface area contributed by atoms with Crippen molar-refractivity contribution in [2.45, 2.75) is 0 Å². The molecule has 1 unspecified atom stereocenters. The number of hydrogen-bond donors (Lipinski definition) is 1. The Kier molecular flexibility index (Phi) is 2.62. The van der Waals surface area contributed by atoms with Gasteiger partial charge in [0.1, 0.15) is 0 Å². The predicted molar refractivity (Wildman–Crippen MR) is 28.7 cm³/mol. The molecular formula is C3H7NO2S. The molecule has 0 aliphatic carbocycles. The molecule has 0 fully saturated rings. The minimum absolute atomic E-state index is 1.08. The van der Waals surface area contributed by atoms with E-state index in [9.17, 15) is 4.21 Å². The maximum atomic E-state index is 9.90. The number of nitrogens with zero attached hydrogens (tertiary/aromatic N) is 1. The Labute approximate surface area is 45.1 Å². The highest BCUT2D eigenvalue weighted by Gasteiger charge is 1.91. The third-order valence-corrected chi connectivity index (χ3v) is 1.15. The number of rotatable bonds is 2. The van der Waals surface area contributed by atoms with Crippen LogP contribution in [-0.2, 0) is 11.3 Å². The molecule has 1 N–H and O–H groups in total. The van der Waals surface area contributed by atoms with Crippen LogP contribution in [0.1, 0.15) is 0 Å². The molecule has 0 spiro atoms. The van der Waals surface area contributed by atoms with Gasteiger partial charge >= 0.3 is 0 Å². The molecule has 0 aromatic carbocycles. The Morgan fingerprint density at radius 2 is 2.43 bits per heavy atom. The highest BCUT2D eigenvalue weighted by atomic mass is 32.2. The standard InChI is InChI=1S/C3H7NO2S/c1-3-4(2)7(5)6/h3H,1H2,2H3,(H,5,6). The van der Waals surface area contributed by atoms with E-state index in [2.05, 4.69) is 6.58 Å². The topological polar surface area (TPSA) is 40.5 Å². The van der Waals surface area contributed by atoms with Gasteiger partial charge in [-0.05, 0) is 0 Å². The van der Waals surface area contributed by atoms with E-state index in [1.807, 2.05) is 0 Å². The van der Waals surface area contributed by atoms with E-state index in [1.165, 1.54) is 13.2 Å². The van der Waals surface area contributed by atoms with E-state index in [4.69, 9.17) is 4.55 Å². The summed E-state index contributed by atoms with van der Waals surface area (Å²) in [5.41, 5.74) is 0. The molecule has 0 rings (SSSR count). The lowest BCUT2D eigenvalue weighted by atomic mass is 11.0. The minimum Gasteiger partial charge on any atom is -0.289 e. The average molecular weight is 121 g/mol. The van der Waals surface area contributed by atoms with Gasteiger partial charge in [-0.1, -0.05) is 6.58 Å². The first-order valence-electron chi connectivity index (χ1n) is 1.65. The van der Waals surface area contributed by atoms with E-state index in [0.717, 1.165) is 4.31 Å². The molecule has 1 atom stereocenters. The highest BCUT2D eigenvalue weighted by molar-refractivity contribution is 7.76. The van der Waals surface area contributed by atoms with Crippen molar-refractivity contribution in [2.75, 3.05) is 7.05 Å². The first-order chi connectivity index (χ1) is 3.18. The van der Waals surface area contributed by atoms with Crippen molar-refractivity contribution in [1.82, 2.24) is 4.31 Å². The second kappa shape index (κ2) is 2.76. The summed E-state index contributed by atoms with van der Waals surface area (Å²) in [5.74, 6) is 0.